The number of benzene rings is 2. The molecule has 0 saturated carbocycles. The van der Waals surface area contributed by atoms with Gasteiger partial charge in [-0.05, 0) is 25.5 Å². The molecule has 0 fully saturated rings. The fourth-order valence-corrected chi connectivity index (χ4v) is 2.35. The lowest BCUT2D eigenvalue weighted by atomic mass is 10.0. The lowest BCUT2D eigenvalue weighted by Crippen LogP contribution is -2.31. The number of nitrogens with one attached hydrogen (secondary N) is 1. The highest BCUT2D eigenvalue weighted by molar-refractivity contribution is 5.28. The fourth-order valence-electron chi connectivity index (χ4n) is 2.35. The number of hydrogen-bond donors (Lipinski definition) is 2. The molecule has 2 aromatic rings. The van der Waals surface area contributed by atoms with Gasteiger partial charge in [0.25, 0.3) is 0 Å². The van der Waals surface area contributed by atoms with Crippen LogP contribution in [0.25, 0.3) is 0 Å². The quantitative estimate of drug-likeness (QED) is 0.874. The summed E-state index contributed by atoms with van der Waals surface area (Å²) in [5.74, 6) is -0.209. The van der Waals surface area contributed by atoms with E-state index in [1.54, 1.807) is 6.07 Å². The van der Waals surface area contributed by atoms with E-state index in [0.717, 1.165) is 5.56 Å². The third-order valence-corrected chi connectivity index (χ3v) is 3.51. The number of hydrogen-bond acceptors (Lipinski definition) is 2. The minimum Gasteiger partial charge on any atom is -0.329 e. The molecule has 0 radical (unpaired) electrons. The van der Waals surface area contributed by atoms with Crippen LogP contribution in [0.2, 0.25) is 0 Å². The highest BCUT2D eigenvalue weighted by Gasteiger charge is 2.17. The maximum Gasteiger partial charge on any atom is 0.128 e. The van der Waals surface area contributed by atoms with E-state index in [4.69, 9.17) is 5.73 Å². The Bertz CT molecular complexity index is 554. The van der Waals surface area contributed by atoms with Gasteiger partial charge in [-0.25, -0.2) is 4.39 Å². The topological polar surface area (TPSA) is 38.0 Å². The molecular formula is C17H21FN2. The first-order valence-electron chi connectivity index (χ1n) is 6.89. The zero-order valence-corrected chi connectivity index (χ0v) is 11.9. The van der Waals surface area contributed by atoms with Crippen LogP contribution in [0.15, 0.2) is 48.5 Å². The summed E-state index contributed by atoms with van der Waals surface area (Å²) < 4.78 is 14.0. The number of aryl methyl sites for hydroxylation is 1. The molecule has 0 aromatic heterocycles. The predicted octanol–water partition coefficient (Wildman–Crippen LogP) is 3.48. The number of halogens is 1. The Morgan fingerprint density at radius 3 is 2.50 bits per heavy atom. The Hall–Kier alpha value is -1.71. The summed E-state index contributed by atoms with van der Waals surface area (Å²) in [6, 6.07) is 15.1. The normalized spacial score (nSPS) is 14.0. The minimum absolute atomic E-state index is 0.115. The lowest BCUT2D eigenvalue weighted by Gasteiger charge is -2.23. The highest BCUT2D eigenvalue weighted by Crippen LogP contribution is 2.22. The van der Waals surface area contributed by atoms with Crippen molar-refractivity contribution in [1.82, 2.24) is 5.32 Å². The molecule has 20 heavy (non-hydrogen) atoms. The molecule has 2 atom stereocenters. The van der Waals surface area contributed by atoms with Gasteiger partial charge in [-0.3, -0.25) is 0 Å². The van der Waals surface area contributed by atoms with E-state index < -0.39 is 0 Å². The molecule has 0 heterocycles. The first-order chi connectivity index (χ1) is 9.61. The van der Waals surface area contributed by atoms with Gasteiger partial charge in [0.15, 0.2) is 0 Å². The van der Waals surface area contributed by atoms with Gasteiger partial charge in [0.2, 0.25) is 0 Å². The Kier molecular flexibility index (Phi) is 4.88. The molecule has 0 aliphatic heterocycles. The monoisotopic (exact) mass is 272 g/mol. The van der Waals surface area contributed by atoms with E-state index in [-0.39, 0.29) is 17.9 Å². The third-order valence-electron chi connectivity index (χ3n) is 3.51. The molecule has 2 nitrogen and oxygen atoms in total. The average molecular weight is 272 g/mol. The molecule has 2 unspecified atom stereocenters. The smallest absolute Gasteiger partial charge is 0.128 e. The van der Waals surface area contributed by atoms with Crippen molar-refractivity contribution in [3.63, 3.8) is 0 Å². The van der Waals surface area contributed by atoms with Gasteiger partial charge in [0.1, 0.15) is 5.82 Å². The zero-order chi connectivity index (χ0) is 14.5. The van der Waals surface area contributed by atoms with Crippen LogP contribution in [0.3, 0.4) is 0 Å². The van der Waals surface area contributed by atoms with Crippen molar-refractivity contribution in [2.24, 2.45) is 5.73 Å². The van der Waals surface area contributed by atoms with E-state index in [1.165, 1.54) is 11.6 Å². The van der Waals surface area contributed by atoms with Crippen LogP contribution in [0.1, 0.15) is 35.7 Å². The molecule has 0 aliphatic carbocycles. The summed E-state index contributed by atoms with van der Waals surface area (Å²) in [6.07, 6.45) is 0. The second-order valence-electron chi connectivity index (χ2n) is 5.11. The van der Waals surface area contributed by atoms with Crippen molar-refractivity contribution >= 4 is 0 Å². The maximum absolute atomic E-state index is 14.0. The molecule has 0 spiro atoms. The van der Waals surface area contributed by atoms with Crippen LogP contribution in [-0.2, 0) is 0 Å². The van der Waals surface area contributed by atoms with Crippen molar-refractivity contribution in [2.45, 2.75) is 25.9 Å². The molecular weight excluding hydrogens is 251 g/mol. The van der Waals surface area contributed by atoms with Crippen molar-refractivity contribution in [1.29, 1.82) is 0 Å². The second-order valence-corrected chi connectivity index (χ2v) is 5.11. The lowest BCUT2D eigenvalue weighted by molar-refractivity contribution is 0.454. The van der Waals surface area contributed by atoms with Crippen LogP contribution >= 0.6 is 0 Å². The standard InChI is InChI=1S/C17H21FN2/c1-12-8-9-16(18)15(10-12)17(11-19)20-13(2)14-6-4-3-5-7-14/h3-10,13,17,20H,11,19H2,1-2H3. The van der Waals surface area contributed by atoms with Crippen molar-refractivity contribution in [3.8, 4) is 0 Å². The summed E-state index contributed by atoms with van der Waals surface area (Å²) in [6.45, 7) is 4.38. The summed E-state index contributed by atoms with van der Waals surface area (Å²) >= 11 is 0. The van der Waals surface area contributed by atoms with E-state index in [2.05, 4.69) is 24.4 Å². The molecule has 3 N–H and O–H groups in total. The fraction of sp³-hybridized carbons (Fsp3) is 0.294. The van der Waals surface area contributed by atoms with E-state index in [9.17, 15) is 4.39 Å². The van der Waals surface area contributed by atoms with Crippen molar-refractivity contribution < 1.29 is 4.39 Å². The molecule has 0 amide bonds. The van der Waals surface area contributed by atoms with Crippen LogP contribution in [0, 0.1) is 12.7 Å². The largest absolute Gasteiger partial charge is 0.329 e. The maximum atomic E-state index is 14.0. The molecule has 0 aliphatic rings. The Balaban J connectivity index is 2.19. The van der Waals surface area contributed by atoms with Crippen LogP contribution in [-0.4, -0.2) is 6.54 Å². The number of nitrogens with two attached hydrogens (primary N) is 1. The second kappa shape index (κ2) is 6.64. The highest BCUT2D eigenvalue weighted by atomic mass is 19.1. The van der Waals surface area contributed by atoms with Gasteiger partial charge >= 0.3 is 0 Å². The Morgan fingerprint density at radius 2 is 1.85 bits per heavy atom. The summed E-state index contributed by atoms with van der Waals surface area (Å²) in [5.41, 5.74) is 8.66. The summed E-state index contributed by atoms with van der Waals surface area (Å²) in [7, 11) is 0. The molecule has 2 aromatic carbocycles. The Labute approximate surface area is 119 Å². The van der Waals surface area contributed by atoms with Gasteiger partial charge in [-0.15, -0.1) is 0 Å². The molecule has 0 saturated heterocycles. The van der Waals surface area contributed by atoms with Crippen molar-refractivity contribution in [3.05, 3.63) is 71.0 Å². The van der Waals surface area contributed by atoms with E-state index >= 15 is 0 Å². The SMILES string of the molecule is Cc1ccc(F)c(C(CN)NC(C)c2ccccc2)c1. The van der Waals surface area contributed by atoms with E-state index in [1.807, 2.05) is 31.2 Å². The third kappa shape index (κ3) is 3.44. The zero-order valence-electron chi connectivity index (χ0n) is 11.9. The summed E-state index contributed by atoms with van der Waals surface area (Å²) in [4.78, 5) is 0. The predicted molar refractivity (Wildman–Crippen MR) is 80.9 cm³/mol. The molecule has 106 valence electrons. The van der Waals surface area contributed by atoms with Gasteiger partial charge < -0.3 is 11.1 Å². The first-order valence-corrected chi connectivity index (χ1v) is 6.89. The van der Waals surface area contributed by atoms with Crippen LogP contribution in [0.4, 0.5) is 4.39 Å². The summed E-state index contributed by atoms with van der Waals surface area (Å²) in [5, 5.41) is 3.40. The molecule has 0 bridgehead atoms. The van der Waals surface area contributed by atoms with E-state index in [0.29, 0.717) is 12.1 Å². The van der Waals surface area contributed by atoms with Crippen LogP contribution in [0.5, 0.6) is 0 Å². The van der Waals surface area contributed by atoms with Crippen molar-refractivity contribution in [2.75, 3.05) is 6.54 Å². The van der Waals surface area contributed by atoms with Gasteiger partial charge in [0, 0.05) is 24.2 Å². The minimum atomic E-state index is -0.209. The average Bonchev–Trinajstić information content (AvgIpc) is 2.48. The van der Waals surface area contributed by atoms with Gasteiger partial charge in [0.05, 0.1) is 0 Å². The molecule has 3 heteroatoms. The van der Waals surface area contributed by atoms with Gasteiger partial charge in [-0.2, -0.15) is 0 Å². The Morgan fingerprint density at radius 1 is 1.15 bits per heavy atom. The van der Waals surface area contributed by atoms with Crippen LogP contribution < -0.4 is 11.1 Å². The van der Waals surface area contributed by atoms with Gasteiger partial charge in [-0.1, -0.05) is 48.0 Å². The first kappa shape index (κ1) is 14.7. The number of rotatable bonds is 5. The molecule has 2 rings (SSSR count).